The van der Waals surface area contributed by atoms with E-state index in [4.69, 9.17) is 23.2 Å². The summed E-state index contributed by atoms with van der Waals surface area (Å²) in [6, 6.07) is 15.3. The third-order valence-electron chi connectivity index (χ3n) is 3.83. The van der Waals surface area contributed by atoms with E-state index in [-0.39, 0.29) is 0 Å². The van der Waals surface area contributed by atoms with Gasteiger partial charge < -0.3 is 10.4 Å². The molecule has 3 aromatic rings. The molecule has 0 radical (unpaired) electrons. The van der Waals surface area contributed by atoms with Gasteiger partial charge in [0, 0.05) is 28.7 Å². The molecule has 136 valence electrons. The Labute approximate surface area is 162 Å². The Hall–Kier alpha value is -1.92. The minimum atomic E-state index is -0.418. The Morgan fingerprint density at radius 1 is 1.12 bits per heavy atom. The first-order valence-electron chi connectivity index (χ1n) is 8.35. The summed E-state index contributed by atoms with van der Waals surface area (Å²) in [6.45, 7) is 3.20. The van der Waals surface area contributed by atoms with Crippen molar-refractivity contribution in [2.75, 3.05) is 6.54 Å². The quantitative estimate of drug-likeness (QED) is 0.644. The largest absolute Gasteiger partial charge is 0.392 e. The number of rotatable bonds is 7. The molecule has 0 saturated carbocycles. The van der Waals surface area contributed by atoms with Gasteiger partial charge in [0.05, 0.1) is 12.6 Å². The first-order chi connectivity index (χ1) is 12.5. The summed E-state index contributed by atoms with van der Waals surface area (Å²) in [7, 11) is 0. The van der Waals surface area contributed by atoms with Crippen LogP contribution in [0.15, 0.2) is 48.5 Å². The van der Waals surface area contributed by atoms with Gasteiger partial charge in [-0.25, -0.2) is 0 Å². The smallest absolute Gasteiger partial charge is 0.117 e. The van der Waals surface area contributed by atoms with Gasteiger partial charge in [0.25, 0.3) is 0 Å². The molecule has 1 aromatic heterocycles. The number of aromatic nitrogens is 3. The Kier molecular flexibility index (Phi) is 6.27. The maximum absolute atomic E-state index is 9.44. The molecule has 0 amide bonds. The summed E-state index contributed by atoms with van der Waals surface area (Å²) in [5, 5.41) is 23.1. The topological polar surface area (TPSA) is 63.0 Å². The van der Waals surface area contributed by atoms with Crippen molar-refractivity contribution in [3.8, 4) is 11.3 Å². The highest BCUT2D eigenvalue weighted by molar-refractivity contribution is 6.35. The maximum atomic E-state index is 9.44. The van der Waals surface area contributed by atoms with Crippen LogP contribution >= 0.6 is 23.2 Å². The van der Waals surface area contributed by atoms with Crippen molar-refractivity contribution >= 4 is 23.2 Å². The summed E-state index contributed by atoms with van der Waals surface area (Å²) in [5.41, 5.74) is 3.53. The normalized spacial score (nSPS) is 12.3. The molecule has 0 unspecified atom stereocenters. The van der Waals surface area contributed by atoms with Gasteiger partial charge in [-0.3, -0.25) is 0 Å². The molecular formula is C19H20Cl2N4O. The van der Waals surface area contributed by atoms with E-state index in [2.05, 4.69) is 15.5 Å². The zero-order valence-corrected chi connectivity index (χ0v) is 15.9. The monoisotopic (exact) mass is 390 g/mol. The standard InChI is InChI=1S/C19H20Cl2N4O/c1-13(26)10-22-11-18-19(14-5-3-2-4-6-14)24-25(23-18)12-15-7-8-16(20)9-17(15)21/h2-9,13,22,26H,10-12H2,1H3/t13-/m0/s1. The first-order valence-corrected chi connectivity index (χ1v) is 9.10. The highest BCUT2D eigenvalue weighted by Crippen LogP contribution is 2.23. The summed E-state index contributed by atoms with van der Waals surface area (Å²) >= 11 is 12.2. The highest BCUT2D eigenvalue weighted by Gasteiger charge is 2.14. The van der Waals surface area contributed by atoms with Gasteiger partial charge in [0.2, 0.25) is 0 Å². The average Bonchev–Trinajstić information content (AvgIpc) is 3.01. The van der Waals surface area contributed by atoms with E-state index >= 15 is 0 Å². The van der Waals surface area contributed by atoms with Crippen LogP contribution in [0.2, 0.25) is 10.0 Å². The van der Waals surface area contributed by atoms with Gasteiger partial charge in [-0.05, 0) is 24.6 Å². The van der Waals surface area contributed by atoms with Crippen LogP contribution in [-0.2, 0) is 13.1 Å². The van der Waals surface area contributed by atoms with Crippen molar-refractivity contribution in [1.29, 1.82) is 0 Å². The lowest BCUT2D eigenvalue weighted by Gasteiger charge is -2.06. The van der Waals surface area contributed by atoms with Crippen LogP contribution in [0.1, 0.15) is 18.2 Å². The number of benzene rings is 2. The van der Waals surface area contributed by atoms with E-state index in [0.717, 1.165) is 22.5 Å². The first kappa shape index (κ1) is 18.9. The van der Waals surface area contributed by atoms with Crippen molar-refractivity contribution in [2.45, 2.75) is 26.1 Å². The molecule has 5 nitrogen and oxygen atoms in total. The van der Waals surface area contributed by atoms with Crippen molar-refractivity contribution in [2.24, 2.45) is 0 Å². The van der Waals surface area contributed by atoms with E-state index in [1.807, 2.05) is 36.4 Å². The second-order valence-corrected chi connectivity index (χ2v) is 6.95. The molecule has 0 bridgehead atoms. The van der Waals surface area contributed by atoms with Gasteiger partial charge >= 0.3 is 0 Å². The van der Waals surface area contributed by atoms with E-state index in [1.54, 1.807) is 23.9 Å². The molecule has 1 heterocycles. The zero-order chi connectivity index (χ0) is 18.5. The van der Waals surface area contributed by atoms with Gasteiger partial charge in [-0.15, -0.1) is 0 Å². The van der Waals surface area contributed by atoms with Crippen LogP contribution < -0.4 is 5.32 Å². The van der Waals surface area contributed by atoms with Crippen molar-refractivity contribution in [3.05, 3.63) is 69.8 Å². The maximum Gasteiger partial charge on any atom is 0.117 e. The molecular weight excluding hydrogens is 371 g/mol. The SMILES string of the molecule is C[C@H](O)CNCc1nn(Cc2ccc(Cl)cc2Cl)nc1-c1ccccc1. The highest BCUT2D eigenvalue weighted by atomic mass is 35.5. The molecule has 7 heteroatoms. The van der Waals surface area contributed by atoms with Crippen LogP contribution in [0.3, 0.4) is 0 Å². The lowest BCUT2D eigenvalue weighted by atomic mass is 10.1. The average molecular weight is 391 g/mol. The minimum absolute atomic E-state index is 0.418. The number of nitrogens with one attached hydrogen (secondary N) is 1. The van der Waals surface area contributed by atoms with Crippen molar-refractivity contribution < 1.29 is 5.11 Å². The van der Waals surface area contributed by atoms with Crippen LogP contribution in [0.25, 0.3) is 11.3 Å². The second-order valence-electron chi connectivity index (χ2n) is 6.11. The number of aliphatic hydroxyl groups is 1. The Balaban J connectivity index is 1.87. The molecule has 0 aliphatic carbocycles. The Morgan fingerprint density at radius 3 is 2.58 bits per heavy atom. The summed E-state index contributed by atoms with van der Waals surface area (Å²) in [4.78, 5) is 1.64. The molecule has 0 fully saturated rings. The van der Waals surface area contributed by atoms with Gasteiger partial charge in [-0.1, -0.05) is 59.6 Å². The number of aliphatic hydroxyl groups excluding tert-OH is 1. The molecule has 0 spiro atoms. The molecule has 26 heavy (non-hydrogen) atoms. The predicted molar refractivity (Wildman–Crippen MR) is 104 cm³/mol. The van der Waals surface area contributed by atoms with Crippen LogP contribution in [-0.4, -0.2) is 32.7 Å². The fraction of sp³-hybridized carbons (Fsp3) is 0.263. The third kappa shape index (κ3) is 4.83. The number of hydrogen-bond acceptors (Lipinski definition) is 4. The molecule has 2 N–H and O–H groups in total. The number of hydrogen-bond donors (Lipinski definition) is 2. The van der Waals surface area contributed by atoms with E-state index in [0.29, 0.717) is 29.7 Å². The van der Waals surface area contributed by atoms with Gasteiger partial charge in [0.1, 0.15) is 11.4 Å². The molecule has 0 aliphatic heterocycles. The summed E-state index contributed by atoms with van der Waals surface area (Å²) < 4.78 is 0. The predicted octanol–water partition coefficient (Wildman–Crippen LogP) is 3.77. The molecule has 0 aliphatic rings. The van der Waals surface area contributed by atoms with Crippen molar-refractivity contribution in [3.63, 3.8) is 0 Å². The molecule has 3 rings (SSSR count). The number of halogens is 2. The Morgan fingerprint density at radius 2 is 1.88 bits per heavy atom. The molecule has 2 aromatic carbocycles. The summed E-state index contributed by atoms with van der Waals surface area (Å²) in [6.07, 6.45) is -0.418. The fourth-order valence-electron chi connectivity index (χ4n) is 2.59. The van der Waals surface area contributed by atoms with E-state index in [1.165, 1.54) is 0 Å². The van der Waals surface area contributed by atoms with Crippen molar-refractivity contribution in [1.82, 2.24) is 20.3 Å². The van der Waals surface area contributed by atoms with Crippen LogP contribution in [0.5, 0.6) is 0 Å². The van der Waals surface area contributed by atoms with E-state index in [9.17, 15) is 5.11 Å². The van der Waals surface area contributed by atoms with E-state index < -0.39 is 6.10 Å². The lowest BCUT2D eigenvalue weighted by Crippen LogP contribution is -2.24. The van der Waals surface area contributed by atoms with Crippen LogP contribution in [0.4, 0.5) is 0 Å². The fourth-order valence-corrected chi connectivity index (χ4v) is 3.06. The summed E-state index contributed by atoms with van der Waals surface area (Å²) in [5.74, 6) is 0. The zero-order valence-electron chi connectivity index (χ0n) is 14.4. The third-order valence-corrected chi connectivity index (χ3v) is 4.42. The van der Waals surface area contributed by atoms with Gasteiger partial charge in [0.15, 0.2) is 0 Å². The number of nitrogens with zero attached hydrogens (tertiary/aromatic N) is 3. The minimum Gasteiger partial charge on any atom is -0.392 e. The Bertz CT molecular complexity index is 865. The van der Waals surface area contributed by atoms with Crippen LogP contribution in [0, 0.1) is 0 Å². The van der Waals surface area contributed by atoms with Gasteiger partial charge in [-0.2, -0.15) is 15.0 Å². The second kappa shape index (κ2) is 8.64. The molecule has 1 atom stereocenters. The molecule has 0 saturated heterocycles. The lowest BCUT2D eigenvalue weighted by molar-refractivity contribution is 0.191.